The van der Waals surface area contributed by atoms with Gasteiger partial charge in [0.25, 0.3) is 0 Å². The highest BCUT2D eigenvalue weighted by atomic mass is 35.5. The Kier molecular flexibility index (Phi) is 2.64. The number of imidazole rings is 1. The summed E-state index contributed by atoms with van der Waals surface area (Å²) in [6, 6.07) is 6.93. The van der Waals surface area contributed by atoms with E-state index >= 15 is 0 Å². The van der Waals surface area contributed by atoms with Gasteiger partial charge in [-0.3, -0.25) is 0 Å². The molecule has 0 aliphatic heterocycles. The van der Waals surface area contributed by atoms with Crippen LogP contribution in [0.25, 0.3) is 22.4 Å². The molecule has 0 atom stereocenters. The fraction of sp³-hybridized carbons (Fsp3) is 0. The Hall–Kier alpha value is -2.14. The smallest absolute Gasteiger partial charge is 0.153 e. The molecule has 1 heterocycles. The zero-order valence-corrected chi connectivity index (χ0v) is 10.3. The highest BCUT2D eigenvalue weighted by Crippen LogP contribution is 2.27. The Morgan fingerprint density at radius 2 is 1.95 bits per heavy atom. The maximum Gasteiger partial charge on any atom is 0.153 e. The number of anilines is 1. The van der Waals surface area contributed by atoms with E-state index in [1.807, 2.05) is 0 Å². The molecule has 0 radical (unpaired) electrons. The van der Waals surface area contributed by atoms with Crippen LogP contribution in [0.3, 0.4) is 0 Å². The highest BCUT2D eigenvalue weighted by molar-refractivity contribution is 6.33. The van der Waals surface area contributed by atoms with E-state index in [0.29, 0.717) is 27.6 Å². The maximum atomic E-state index is 13.6. The molecule has 3 aromatic rings. The van der Waals surface area contributed by atoms with Gasteiger partial charge < -0.3 is 10.7 Å². The predicted octanol–water partition coefficient (Wildman–Crippen LogP) is 3.74. The molecule has 19 heavy (non-hydrogen) atoms. The van der Waals surface area contributed by atoms with Gasteiger partial charge in [0.05, 0.1) is 16.2 Å². The van der Waals surface area contributed by atoms with Crippen LogP contribution in [0.2, 0.25) is 5.02 Å². The minimum absolute atomic E-state index is 0.0874. The average molecular weight is 280 g/mol. The summed E-state index contributed by atoms with van der Waals surface area (Å²) in [6.07, 6.45) is 0. The molecule has 0 saturated carbocycles. The molecule has 1 aromatic heterocycles. The van der Waals surface area contributed by atoms with Crippen molar-refractivity contribution in [2.75, 3.05) is 5.73 Å². The molecule has 0 bridgehead atoms. The molecule has 3 N–H and O–H groups in total. The SMILES string of the molecule is Nc1ccc(-c2nc3c(F)cc(F)cc3[nH]2)cc1Cl. The van der Waals surface area contributed by atoms with Crippen molar-refractivity contribution in [2.24, 2.45) is 0 Å². The molecule has 3 rings (SSSR count). The van der Waals surface area contributed by atoms with Crippen LogP contribution in [-0.4, -0.2) is 9.97 Å². The molecule has 0 unspecified atom stereocenters. The number of aromatic nitrogens is 2. The molecule has 0 fully saturated rings. The van der Waals surface area contributed by atoms with Crippen molar-refractivity contribution < 1.29 is 8.78 Å². The Labute approximate surface area is 112 Å². The van der Waals surface area contributed by atoms with Gasteiger partial charge in [0, 0.05) is 11.6 Å². The Bertz CT molecular complexity index is 783. The average Bonchev–Trinajstić information content (AvgIpc) is 2.76. The van der Waals surface area contributed by atoms with E-state index in [1.165, 1.54) is 6.07 Å². The first-order valence-electron chi connectivity index (χ1n) is 5.45. The van der Waals surface area contributed by atoms with Crippen molar-refractivity contribution in [1.82, 2.24) is 9.97 Å². The van der Waals surface area contributed by atoms with Crippen LogP contribution < -0.4 is 5.73 Å². The van der Waals surface area contributed by atoms with Crippen molar-refractivity contribution in [1.29, 1.82) is 0 Å². The van der Waals surface area contributed by atoms with Crippen LogP contribution in [-0.2, 0) is 0 Å². The van der Waals surface area contributed by atoms with Gasteiger partial charge in [0.1, 0.15) is 17.2 Å². The molecule has 0 aliphatic carbocycles. The molecule has 6 heteroatoms. The molecular formula is C13H8ClF2N3. The second-order valence-electron chi connectivity index (χ2n) is 4.11. The largest absolute Gasteiger partial charge is 0.398 e. The second-order valence-corrected chi connectivity index (χ2v) is 4.51. The zero-order chi connectivity index (χ0) is 13.6. The van der Waals surface area contributed by atoms with Crippen molar-refractivity contribution in [2.45, 2.75) is 0 Å². The third-order valence-corrected chi connectivity index (χ3v) is 3.11. The number of nitrogens with two attached hydrogens (primary N) is 1. The summed E-state index contributed by atoms with van der Waals surface area (Å²) in [4.78, 5) is 6.95. The first-order chi connectivity index (χ1) is 9.04. The molecule has 2 aromatic carbocycles. The van der Waals surface area contributed by atoms with Gasteiger partial charge >= 0.3 is 0 Å². The molecule has 96 valence electrons. The third-order valence-electron chi connectivity index (χ3n) is 2.78. The lowest BCUT2D eigenvalue weighted by Gasteiger charge is -2.00. The maximum absolute atomic E-state index is 13.6. The normalized spacial score (nSPS) is 11.1. The number of halogens is 3. The minimum atomic E-state index is -0.709. The van der Waals surface area contributed by atoms with Gasteiger partial charge in [-0.15, -0.1) is 0 Å². The van der Waals surface area contributed by atoms with Gasteiger partial charge in [0.15, 0.2) is 5.82 Å². The summed E-state index contributed by atoms with van der Waals surface area (Å²) < 4.78 is 26.7. The number of nitrogens with zero attached hydrogens (tertiary/aromatic N) is 1. The van der Waals surface area contributed by atoms with E-state index in [0.717, 1.165) is 6.07 Å². The molecule has 0 spiro atoms. The zero-order valence-electron chi connectivity index (χ0n) is 9.55. The summed E-state index contributed by atoms with van der Waals surface area (Å²) in [5, 5.41) is 0.379. The number of aromatic amines is 1. The summed E-state index contributed by atoms with van der Waals surface area (Å²) in [6.45, 7) is 0. The predicted molar refractivity (Wildman–Crippen MR) is 70.9 cm³/mol. The monoisotopic (exact) mass is 279 g/mol. The van der Waals surface area contributed by atoms with Crippen molar-refractivity contribution >= 4 is 28.3 Å². The number of nitrogen functional groups attached to an aromatic ring is 1. The third kappa shape index (κ3) is 2.02. The van der Waals surface area contributed by atoms with E-state index in [2.05, 4.69) is 9.97 Å². The fourth-order valence-electron chi connectivity index (χ4n) is 1.85. The van der Waals surface area contributed by atoms with Crippen LogP contribution >= 0.6 is 11.6 Å². The quantitative estimate of drug-likeness (QED) is 0.667. The Morgan fingerprint density at radius 3 is 2.68 bits per heavy atom. The van der Waals surface area contributed by atoms with Crippen molar-refractivity contribution in [3.05, 3.63) is 47.0 Å². The number of fused-ring (bicyclic) bond motifs is 1. The highest BCUT2D eigenvalue weighted by Gasteiger charge is 2.11. The number of benzene rings is 2. The summed E-state index contributed by atoms with van der Waals surface area (Å²) in [7, 11) is 0. The lowest BCUT2D eigenvalue weighted by molar-refractivity contribution is 0.591. The molecule has 0 amide bonds. The van der Waals surface area contributed by atoms with Crippen molar-refractivity contribution in [3.8, 4) is 11.4 Å². The topological polar surface area (TPSA) is 54.7 Å². The molecular weight excluding hydrogens is 272 g/mol. The van der Waals surface area contributed by atoms with E-state index in [1.54, 1.807) is 18.2 Å². The first kappa shape index (κ1) is 11.9. The second kappa shape index (κ2) is 4.20. The Morgan fingerprint density at radius 1 is 1.16 bits per heavy atom. The van der Waals surface area contributed by atoms with E-state index in [4.69, 9.17) is 17.3 Å². The van der Waals surface area contributed by atoms with Crippen molar-refractivity contribution in [3.63, 3.8) is 0 Å². The van der Waals surface area contributed by atoms with E-state index in [9.17, 15) is 8.78 Å². The molecule has 3 nitrogen and oxygen atoms in total. The van der Waals surface area contributed by atoms with Gasteiger partial charge in [-0.1, -0.05) is 11.6 Å². The number of hydrogen-bond acceptors (Lipinski definition) is 2. The minimum Gasteiger partial charge on any atom is -0.398 e. The lowest BCUT2D eigenvalue weighted by Crippen LogP contribution is -1.87. The standard InChI is InChI=1S/C13H8ClF2N3/c14-8-3-6(1-2-10(8)17)13-18-11-5-7(15)4-9(16)12(11)19-13/h1-5H,17H2,(H,18,19). The fourth-order valence-corrected chi connectivity index (χ4v) is 2.03. The molecule has 0 saturated heterocycles. The number of hydrogen-bond donors (Lipinski definition) is 2. The Balaban J connectivity index is 2.20. The number of rotatable bonds is 1. The van der Waals surface area contributed by atoms with Gasteiger partial charge in [-0.25, -0.2) is 13.8 Å². The van der Waals surface area contributed by atoms with Gasteiger partial charge in [-0.2, -0.15) is 0 Å². The van der Waals surface area contributed by atoms with Crippen LogP contribution in [0.1, 0.15) is 0 Å². The number of H-pyrrole nitrogens is 1. The van der Waals surface area contributed by atoms with Gasteiger partial charge in [0.2, 0.25) is 0 Å². The summed E-state index contributed by atoms with van der Waals surface area (Å²) in [5.74, 6) is -0.962. The molecule has 0 aliphatic rings. The first-order valence-corrected chi connectivity index (χ1v) is 5.82. The van der Waals surface area contributed by atoms with E-state index in [-0.39, 0.29) is 5.52 Å². The summed E-state index contributed by atoms with van der Waals surface area (Å²) >= 11 is 5.92. The van der Waals surface area contributed by atoms with Crippen LogP contribution in [0.5, 0.6) is 0 Å². The van der Waals surface area contributed by atoms with E-state index < -0.39 is 11.6 Å². The van der Waals surface area contributed by atoms with Crippen LogP contribution in [0.15, 0.2) is 30.3 Å². The number of nitrogens with one attached hydrogen (secondary N) is 1. The van der Waals surface area contributed by atoms with Crippen LogP contribution in [0, 0.1) is 11.6 Å². The van der Waals surface area contributed by atoms with Crippen LogP contribution in [0.4, 0.5) is 14.5 Å². The van der Waals surface area contributed by atoms with Gasteiger partial charge in [-0.05, 0) is 24.3 Å². The summed E-state index contributed by atoms with van der Waals surface area (Å²) in [5.41, 5.74) is 7.08. The lowest BCUT2D eigenvalue weighted by atomic mass is 10.2.